The number of pyridine rings is 1. The molecule has 0 spiro atoms. The molecule has 84 valence electrons. The minimum atomic E-state index is 0.614. The van der Waals surface area contributed by atoms with Crippen LogP contribution in [0.2, 0.25) is 0 Å². The van der Waals surface area contributed by atoms with E-state index < -0.39 is 0 Å². The molecule has 16 heavy (non-hydrogen) atoms. The molecule has 3 nitrogen and oxygen atoms in total. The Hall–Kier alpha value is -1.61. The van der Waals surface area contributed by atoms with E-state index in [0.717, 1.165) is 23.3 Å². The number of rotatable bonds is 3. The van der Waals surface area contributed by atoms with Gasteiger partial charge in [-0.1, -0.05) is 6.07 Å². The highest BCUT2D eigenvalue weighted by Crippen LogP contribution is 2.29. The highest BCUT2D eigenvalue weighted by molar-refractivity contribution is 5.92. The first kappa shape index (κ1) is 10.9. The lowest BCUT2D eigenvalue weighted by atomic mass is 10.0. The summed E-state index contributed by atoms with van der Waals surface area (Å²) in [7, 11) is 1.69. The molecule has 0 fully saturated rings. The van der Waals surface area contributed by atoms with Crippen LogP contribution in [0.5, 0.6) is 5.75 Å². The van der Waals surface area contributed by atoms with Crippen LogP contribution in [0, 0.1) is 6.92 Å². The van der Waals surface area contributed by atoms with Crippen LogP contribution in [0.3, 0.4) is 0 Å². The lowest BCUT2D eigenvalue weighted by molar-refractivity contribution is 0.419. The number of hydrogen-bond donors (Lipinski definition) is 1. The maximum absolute atomic E-state index is 5.60. The zero-order valence-electron chi connectivity index (χ0n) is 9.66. The first-order valence-electron chi connectivity index (χ1n) is 5.39. The third-order valence-electron chi connectivity index (χ3n) is 2.78. The van der Waals surface area contributed by atoms with E-state index in [1.807, 2.05) is 18.3 Å². The maximum atomic E-state index is 5.60. The number of aromatic nitrogens is 1. The van der Waals surface area contributed by atoms with Crippen molar-refractivity contribution < 1.29 is 4.74 Å². The van der Waals surface area contributed by atoms with Gasteiger partial charge in [0.15, 0.2) is 0 Å². The molecule has 2 aromatic rings. The van der Waals surface area contributed by atoms with E-state index in [1.165, 1.54) is 10.9 Å². The molecule has 0 unspecified atom stereocenters. The first-order valence-corrected chi connectivity index (χ1v) is 5.39. The number of nitrogens with zero attached hydrogens (tertiary/aromatic N) is 1. The maximum Gasteiger partial charge on any atom is 0.126 e. The van der Waals surface area contributed by atoms with E-state index in [-0.39, 0.29) is 0 Å². The normalized spacial score (nSPS) is 10.7. The van der Waals surface area contributed by atoms with Gasteiger partial charge in [-0.25, -0.2) is 0 Å². The molecule has 0 aliphatic heterocycles. The lowest BCUT2D eigenvalue weighted by Gasteiger charge is -2.10. The number of ether oxygens (including phenoxy) is 1. The molecule has 0 amide bonds. The summed E-state index contributed by atoms with van der Waals surface area (Å²) in [6.45, 7) is 2.70. The predicted octanol–water partition coefficient (Wildman–Crippen LogP) is 2.05. The molecule has 1 aromatic carbocycles. The van der Waals surface area contributed by atoms with Crippen molar-refractivity contribution in [1.82, 2.24) is 4.98 Å². The van der Waals surface area contributed by atoms with Gasteiger partial charge in [0.25, 0.3) is 0 Å². The Bertz CT molecular complexity index is 509. The molecule has 2 N–H and O–H groups in total. The fraction of sp³-hybridized carbons (Fsp3) is 0.308. The summed E-state index contributed by atoms with van der Waals surface area (Å²) in [6.07, 6.45) is 2.61. The van der Waals surface area contributed by atoms with Crippen molar-refractivity contribution in [2.45, 2.75) is 13.3 Å². The molecule has 0 atom stereocenters. The molecule has 0 bridgehead atoms. The standard InChI is InChI=1S/C13H16N2O/c1-9-3-4-12(16-2)10-6-8-15-11(5-7-14)13(9)10/h3-4,6,8H,5,7,14H2,1-2H3. The molecule has 1 heterocycles. The minimum absolute atomic E-state index is 0.614. The number of aryl methyl sites for hydroxylation is 1. The summed E-state index contributed by atoms with van der Waals surface area (Å²) in [5, 5.41) is 2.29. The van der Waals surface area contributed by atoms with Gasteiger partial charge in [0.1, 0.15) is 5.75 Å². The number of hydrogen-bond acceptors (Lipinski definition) is 3. The van der Waals surface area contributed by atoms with Gasteiger partial charge >= 0.3 is 0 Å². The topological polar surface area (TPSA) is 48.1 Å². The third kappa shape index (κ3) is 1.74. The second-order valence-electron chi connectivity index (χ2n) is 3.80. The van der Waals surface area contributed by atoms with Gasteiger partial charge < -0.3 is 10.5 Å². The fourth-order valence-corrected chi connectivity index (χ4v) is 2.03. The van der Waals surface area contributed by atoms with E-state index in [4.69, 9.17) is 10.5 Å². The summed E-state index contributed by atoms with van der Waals surface area (Å²) in [4.78, 5) is 4.40. The molecule has 0 aliphatic rings. The molecule has 3 heteroatoms. The van der Waals surface area contributed by atoms with E-state index in [0.29, 0.717) is 6.54 Å². The highest BCUT2D eigenvalue weighted by atomic mass is 16.5. The Balaban J connectivity index is 2.75. The van der Waals surface area contributed by atoms with Crippen molar-refractivity contribution in [1.29, 1.82) is 0 Å². The van der Waals surface area contributed by atoms with Crippen LogP contribution in [0.25, 0.3) is 10.8 Å². The molecule has 0 saturated heterocycles. The van der Waals surface area contributed by atoms with Gasteiger partial charge in [-0.15, -0.1) is 0 Å². The zero-order valence-corrected chi connectivity index (χ0v) is 9.66. The van der Waals surface area contributed by atoms with Gasteiger partial charge in [-0.05, 0) is 31.2 Å². The summed E-state index contributed by atoms with van der Waals surface area (Å²) >= 11 is 0. The highest BCUT2D eigenvalue weighted by Gasteiger charge is 2.08. The number of nitrogens with two attached hydrogens (primary N) is 1. The zero-order chi connectivity index (χ0) is 11.5. The van der Waals surface area contributed by atoms with Crippen LogP contribution in [0.4, 0.5) is 0 Å². The summed E-state index contributed by atoms with van der Waals surface area (Å²) < 4.78 is 5.36. The van der Waals surface area contributed by atoms with Crippen molar-refractivity contribution in [2.75, 3.05) is 13.7 Å². The summed E-state index contributed by atoms with van der Waals surface area (Å²) in [5.74, 6) is 0.890. The monoisotopic (exact) mass is 216 g/mol. The molecule has 2 rings (SSSR count). The summed E-state index contributed by atoms with van der Waals surface area (Å²) in [5.41, 5.74) is 7.87. The van der Waals surface area contributed by atoms with Crippen LogP contribution in [-0.2, 0) is 6.42 Å². The van der Waals surface area contributed by atoms with Gasteiger partial charge in [0.05, 0.1) is 7.11 Å². The molecular formula is C13H16N2O. The average Bonchev–Trinajstić information content (AvgIpc) is 2.30. The van der Waals surface area contributed by atoms with Crippen molar-refractivity contribution in [3.05, 3.63) is 35.7 Å². The van der Waals surface area contributed by atoms with E-state index in [9.17, 15) is 0 Å². The Morgan fingerprint density at radius 3 is 2.81 bits per heavy atom. The molecule has 0 aliphatic carbocycles. The quantitative estimate of drug-likeness (QED) is 0.854. The predicted molar refractivity (Wildman–Crippen MR) is 65.8 cm³/mol. The third-order valence-corrected chi connectivity index (χ3v) is 2.78. The van der Waals surface area contributed by atoms with E-state index in [2.05, 4.69) is 18.0 Å². The molecule has 0 radical (unpaired) electrons. The Kier molecular flexibility index (Phi) is 3.06. The van der Waals surface area contributed by atoms with Crippen LogP contribution in [-0.4, -0.2) is 18.6 Å². The molecular weight excluding hydrogens is 200 g/mol. The number of benzene rings is 1. The second-order valence-corrected chi connectivity index (χ2v) is 3.80. The van der Waals surface area contributed by atoms with Crippen LogP contribution < -0.4 is 10.5 Å². The van der Waals surface area contributed by atoms with Gasteiger partial charge in [0, 0.05) is 29.1 Å². The van der Waals surface area contributed by atoms with Gasteiger partial charge in [-0.3, -0.25) is 4.98 Å². The van der Waals surface area contributed by atoms with Crippen LogP contribution in [0.1, 0.15) is 11.3 Å². The first-order chi connectivity index (χ1) is 7.77. The van der Waals surface area contributed by atoms with Gasteiger partial charge in [-0.2, -0.15) is 0 Å². The SMILES string of the molecule is COc1ccc(C)c2c(CCN)nccc12. The fourth-order valence-electron chi connectivity index (χ4n) is 2.03. The van der Waals surface area contributed by atoms with Crippen LogP contribution in [0.15, 0.2) is 24.4 Å². The Morgan fingerprint density at radius 1 is 1.31 bits per heavy atom. The lowest BCUT2D eigenvalue weighted by Crippen LogP contribution is -2.05. The second kappa shape index (κ2) is 4.49. The Morgan fingerprint density at radius 2 is 2.12 bits per heavy atom. The van der Waals surface area contributed by atoms with Crippen molar-refractivity contribution in [3.63, 3.8) is 0 Å². The average molecular weight is 216 g/mol. The van der Waals surface area contributed by atoms with Crippen LogP contribution >= 0.6 is 0 Å². The largest absolute Gasteiger partial charge is 0.496 e. The Labute approximate surface area is 95.2 Å². The van der Waals surface area contributed by atoms with Gasteiger partial charge in [0.2, 0.25) is 0 Å². The number of fused-ring (bicyclic) bond motifs is 1. The smallest absolute Gasteiger partial charge is 0.126 e. The van der Waals surface area contributed by atoms with E-state index >= 15 is 0 Å². The number of methoxy groups -OCH3 is 1. The van der Waals surface area contributed by atoms with Crippen molar-refractivity contribution >= 4 is 10.8 Å². The van der Waals surface area contributed by atoms with Crippen molar-refractivity contribution in [3.8, 4) is 5.75 Å². The van der Waals surface area contributed by atoms with E-state index in [1.54, 1.807) is 7.11 Å². The molecule has 1 aromatic heterocycles. The van der Waals surface area contributed by atoms with Crippen molar-refractivity contribution in [2.24, 2.45) is 5.73 Å². The molecule has 0 saturated carbocycles. The summed E-state index contributed by atoms with van der Waals surface area (Å²) in [6, 6.07) is 6.04. The minimum Gasteiger partial charge on any atom is -0.496 e.